The van der Waals surface area contributed by atoms with Gasteiger partial charge in [-0.05, 0) is 53.8 Å². The van der Waals surface area contributed by atoms with Crippen molar-refractivity contribution in [3.05, 3.63) is 106 Å². The summed E-state index contributed by atoms with van der Waals surface area (Å²) in [6.45, 7) is 3.32. The second-order valence-corrected chi connectivity index (χ2v) is 11.7. The highest BCUT2D eigenvalue weighted by Gasteiger charge is 2.39. The van der Waals surface area contributed by atoms with Gasteiger partial charge in [-0.25, -0.2) is 0 Å². The van der Waals surface area contributed by atoms with Crippen LogP contribution in [-0.4, -0.2) is 60.3 Å². The van der Waals surface area contributed by atoms with Crippen LogP contribution in [0, 0.1) is 6.92 Å². The molecule has 0 radical (unpaired) electrons. The van der Waals surface area contributed by atoms with Gasteiger partial charge in [-0.2, -0.15) is 0 Å². The molecule has 3 atom stereocenters. The van der Waals surface area contributed by atoms with E-state index in [1.54, 1.807) is 4.90 Å². The normalized spacial score (nSPS) is 18.6. The topological polar surface area (TPSA) is 91.0 Å². The number of piperazine rings is 1. The zero-order valence-corrected chi connectivity index (χ0v) is 25.5. The predicted molar refractivity (Wildman–Crippen MR) is 170 cm³/mol. The number of halogens is 1. The van der Waals surface area contributed by atoms with Gasteiger partial charge in [0.1, 0.15) is 29.8 Å². The molecule has 2 N–H and O–H groups in total. The summed E-state index contributed by atoms with van der Waals surface area (Å²) in [5, 5.41) is 8.07. The fourth-order valence-electron chi connectivity index (χ4n) is 5.29. The molecule has 1 aromatic heterocycles. The van der Waals surface area contributed by atoms with Gasteiger partial charge in [-0.1, -0.05) is 54.6 Å². The minimum Gasteiger partial charge on any atom is -0.486 e. The minimum atomic E-state index is -0.936. The smallest absolute Gasteiger partial charge is 0.251 e. The lowest BCUT2D eigenvalue weighted by Crippen LogP contribution is -2.60. The summed E-state index contributed by atoms with van der Waals surface area (Å²) in [6.07, 6.45) is 8.71. The summed E-state index contributed by atoms with van der Waals surface area (Å²) in [4.78, 5) is 44.7. The zero-order chi connectivity index (χ0) is 30.2. The van der Waals surface area contributed by atoms with Crippen molar-refractivity contribution in [1.29, 1.82) is 0 Å². The molecule has 1 saturated heterocycles. The van der Waals surface area contributed by atoms with Crippen molar-refractivity contribution >= 4 is 46.3 Å². The van der Waals surface area contributed by atoms with Crippen molar-refractivity contribution in [3.8, 4) is 5.75 Å². The van der Waals surface area contributed by atoms with Gasteiger partial charge in [0.15, 0.2) is 0 Å². The first kappa shape index (κ1) is 30.5. The number of thiophene rings is 1. The number of carbonyl (C=O) groups excluding carboxylic acids is 3. The summed E-state index contributed by atoms with van der Waals surface area (Å²) in [5.41, 5.74) is 2.35. The van der Waals surface area contributed by atoms with Crippen molar-refractivity contribution < 1.29 is 19.1 Å². The molecule has 2 heterocycles. The number of benzene rings is 2. The van der Waals surface area contributed by atoms with Crippen LogP contribution in [0.2, 0.25) is 0 Å². The van der Waals surface area contributed by atoms with Gasteiger partial charge < -0.3 is 20.3 Å². The molecule has 1 unspecified atom stereocenters. The largest absolute Gasteiger partial charge is 0.486 e. The van der Waals surface area contributed by atoms with Gasteiger partial charge in [-0.3, -0.25) is 19.3 Å². The van der Waals surface area contributed by atoms with E-state index in [9.17, 15) is 14.4 Å². The number of amides is 3. The molecule has 43 heavy (non-hydrogen) atoms. The molecule has 1 aliphatic carbocycles. The molecule has 0 saturated carbocycles. The fourth-order valence-corrected chi connectivity index (χ4v) is 6.22. The first-order valence-electron chi connectivity index (χ1n) is 14.3. The summed E-state index contributed by atoms with van der Waals surface area (Å²) >= 11 is 7.54. The zero-order valence-electron chi connectivity index (χ0n) is 23.9. The van der Waals surface area contributed by atoms with E-state index >= 15 is 0 Å². The van der Waals surface area contributed by atoms with E-state index in [2.05, 4.69) is 16.7 Å². The molecule has 1 fully saturated rings. The van der Waals surface area contributed by atoms with Crippen molar-refractivity contribution in [1.82, 2.24) is 15.5 Å². The number of ether oxygens (including phenoxy) is 1. The van der Waals surface area contributed by atoms with E-state index in [1.165, 1.54) is 16.2 Å². The summed E-state index contributed by atoms with van der Waals surface area (Å²) in [5.74, 6) is -0.453. The van der Waals surface area contributed by atoms with E-state index < -0.39 is 18.0 Å². The molecule has 5 rings (SSSR count). The number of hydrogen-bond donors (Lipinski definition) is 2. The number of aryl methyl sites for hydroxylation is 1. The van der Waals surface area contributed by atoms with Gasteiger partial charge in [0.05, 0.1) is 0 Å². The highest BCUT2D eigenvalue weighted by Crippen LogP contribution is 2.36. The molecule has 8 nitrogen and oxygen atoms in total. The Hall–Kier alpha value is -3.92. The van der Waals surface area contributed by atoms with Crippen LogP contribution in [0.5, 0.6) is 5.75 Å². The number of hydrogen-bond acceptors (Lipinski definition) is 6. The van der Waals surface area contributed by atoms with E-state index in [-0.39, 0.29) is 30.3 Å². The molecule has 224 valence electrons. The van der Waals surface area contributed by atoms with Crippen molar-refractivity contribution in [2.45, 2.75) is 38.1 Å². The maximum absolute atomic E-state index is 14.3. The molecular weight excluding hydrogens is 584 g/mol. The van der Waals surface area contributed by atoms with Crippen LogP contribution in [0.3, 0.4) is 0 Å². The van der Waals surface area contributed by atoms with E-state index in [0.29, 0.717) is 35.9 Å². The third-order valence-electron chi connectivity index (χ3n) is 7.46. The fraction of sp³-hybridized carbons (Fsp3) is 0.303. The van der Waals surface area contributed by atoms with Gasteiger partial charge in [0.25, 0.3) is 5.91 Å². The second-order valence-electron chi connectivity index (χ2n) is 10.5. The minimum absolute atomic E-state index is 0.0678. The van der Waals surface area contributed by atoms with Crippen molar-refractivity contribution in [3.63, 3.8) is 0 Å². The number of alkyl halides is 1. The summed E-state index contributed by atoms with van der Waals surface area (Å²) in [6, 6.07) is 17.4. The van der Waals surface area contributed by atoms with Crippen molar-refractivity contribution in [2.75, 3.05) is 30.4 Å². The van der Waals surface area contributed by atoms with E-state index in [4.69, 9.17) is 16.3 Å². The third kappa shape index (κ3) is 7.54. The number of anilines is 1. The Morgan fingerprint density at radius 2 is 1.98 bits per heavy atom. The molecule has 1 aliphatic heterocycles. The highest BCUT2D eigenvalue weighted by molar-refractivity contribution is 7.10. The van der Waals surface area contributed by atoms with Gasteiger partial charge in [-0.15, -0.1) is 22.9 Å². The third-order valence-corrected chi connectivity index (χ3v) is 8.61. The highest BCUT2D eigenvalue weighted by atomic mass is 35.5. The Bertz CT molecular complexity index is 1480. The van der Waals surface area contributed by atoms with Crippen LogP contribution >= 0.6 is 22.9 Å². The molecule has 3 aromatic rings. The van der Waals surface area contributed by atoms with E-state index in [0.717, 1.165) is 17.5 Å². The SMILES string of the molecule is Cc1cc(OC2C=CC=CC2)ccc1N(C(=O)CCl)[C@H](C(=O)N1CCN[C@@H](C(=O)NCc2ccccc2)C1)c1cccs1. The average molecular weight is 619 g/mol. The first-order chi connectivity index (χ1) is 20.9. The Morgan fingerprint density at radius 3 is 2.67 bits per heavy atom. The number of rotatable bonds is 10. The second kappa shape index (κ2) is 14.5. The number of carbonyl (C=O) groups is 3. The lowest BCUT2D eigenvalue weighted by atomic mass is 10.1. The molecule has 0 spiro atoms. The maximum atomic E-state index is 14.3. The summed E-state index contributed by atoms with van der Waals surface area (Å²) in [7, 11) is 0. The van der Waals surface area contributed by atoms with Gasteiger partial charge >= 0.3 is 0 Å². The molecular formula is C33H35ClN4O4S. The van der Waals surface area contributed by atoms with Crippen LogP contribution in [0.4, 0.5) is 5.69 Å². The van der Waals surface area contributed by atoms with Gasteiger partial charge in [0.2, 0.25) is 11.8 Å². The molecule has 10 heteroatoms. The van der Waals surface area contributed by atoms with Crippen LogP contribution < -0.4 is 20.3 Å². The predicted octanol–water partition coefficient (Wildman–Crippen LogP) is 4.75. The average Bonchev–Trinajstić information content (AvgIpc) is 3.58. The number of nitrogens with one attached hydrogen (secondary N) is 2. The number of allylic oxidation sites excluding steroid dienone is 2. The van der Waals surface area contributed by atoms with E-state index in [1.807, 2.05) is 91.2 Å². The molecule has 2 aliphatic rings. The van der Waals surface area contributed by atoms with Crippen LogP contribution in [0.25, 0.3) is 0 Å². The maximum Gasteiger partial charge on any atom is 0.251 e. The summed E-state index contributed by atoms with van der Waals surface area (Å²) < 4.78 is 6.13. The molecule has 0 bridgehead atoms. The molecule has 2 aromatic carbocycles. The quantitative estimate of drug-likeness (QED) is 0.320. The Kier molecular flexibility index (Phi) is 10.3. The Balaban J connectivity index is 1.37. The Labute approximate surface area is 261 Å². The molecule has 3 amide bonds. The standard InChI is InChI=1S/C33H35ClN4O4S/c1-23-19-26(42-25-11-6-3-7-12-25)14-15-28(23)38(30(39)20-34)31(29-13-8-18-43-29)33(41)37-17-16-35-27(22-37)32(40)36-21-24-9-4-2-5-10-24/h2-11,13-15,18-19,25,27,31,35H,12,16-17,20-22H2,1H3,(H,36,40)/t25?,27-,31+/m1/s1. The lowest BCUT2D eigenvalue weighted by Gasteiger charge is -2.38. The monoisotopic (exact) mass is 618 g/mol. The van der Waals surface area contributed by atoms with Crippen LogP contribution in [0.1, 0.15) is 28.5 Å². The van der Waals surface area contributed by atoms with Gasteiger partial charge in [0, 0.05) is 43.2 Å². The Morgan fingerprint density at radius 1 is 1.14 bits per heavy atom. The number of nitrogens with zero attached hydrogens (tertiary/aromatic N) is 2. The van der Waals surface area contributed by atoms with Crippen LogP contribution in [0.15, 0.2) is 90.3 Å². The van der Waals surface area contributed by atoms with Crippen LogP contribution in [-0.2, 0) is 20.9 Å². The first-order valence-corrected chi connectivity index (χ1v) is 15.7. The lowest BCUT2D eigenvalue weighted by molar-refractivity contribution is -0.137. The van der Waals surface area contributed by atoms with Crippen molar-refractivity contribution in [2.24, 2.45) is 0 Å².